The summed E-state index contributed by atoms with van der Waals surface area (Å²) in [5.41, 5.74) is 0. The summed E-state index contributed by atoms with van der Waals surface area (Å²) in [6.45, 7) is -2.19. The van der Waals surface area contributed by atoms with Gasteiger partial charge in [0.05, 0.1) is 0 Å². The lowest BCUT2D eigenvalue weighted by Crippen LogP contribution is -2.37. The van der Waals surface area contributed by atoms with Crippen molar-refractivity contribution >= 4 is 51.6 Å². The first kappa shape index (κ1) is 19.5. The quantitative estimate of drug-likeness (QED) is 0.513. The molecular weight excluding hydrogens is 402 g/mol. The molecule has 1 aliphatic carbocycles. The van der Waals surface area contributed by atoms with Crippen molar-refractivity contribution in [2.75, 3.05) is 6.61 Å². The number of hydrogen-bond acceptors (Lipinski definition) is 1. The van der Waals surface area contributed by atoms with Gasteiger partial charge in [-0.2, -0.15) is 0 Å². The maximum atomic E-state index is 9.94. The molecule has 0 heterocycles. The van der Waals surface area contributed by atoms with Crippen molar-refractivity contribution in [1.29, 1.82) is 0 Å². The summed E-state index contributed by atoms with van der Waals surface area (Å²) >= 11 is 18.8. The Labute approximate surface area is 152 Å². The van der Waals surface area contributed by atoms with E-state index in [2.05, 4.69) is 0 Å². The summed E-state index contributed by atoms with van der Waals surface area (Å²) in [7, 11) is -1.42. The lowest BCUT2D eigenvalue weighted by atomic mass is 10.1. The largest absolute Gasteiger partial charge is 0.354 e. The van der Waals surface area contributed by atoms with Gasteiger partial charge in [-0.15, -0.1) is 11.6 Å². The summed E-state index contributed by atoms with van der Waals surface area (Å²) in [5.74, 6) is 0. The summed E-state index contributed by atoms with van der Waals surface area (Å²) in [4.78, 5) is 30.7. The zero-order valence-electron chi connectivity index (χ0n) is 12.1. The summed E-state index contributed by atoms with van der Waals surface area (Å²) < 4.78 is 5.49. The zero-order valence-corrected chi connectivity index (χ0v) is 16.0. The maximum Gasteiger partial charge on any atom is 0.286 e. The molecule has 128 valence electrons. The van der Waals surface area contributed by atoms with Gasteiger partial charge in [-0.3, -0.25) is 0 Å². The van der Waals surface area contributed by atoms with Crippen molar-refractivity contribution in [3.8, 4) is 0 Å². The second-order valence-electron chi connectivity index (χ2n) is 4.68. The van der Waals surface area contributed by atoms with E-state index >= 15 is 0 Å². The normalized spacial score (nSPS) is 26.5. The van der Waals surface area contributed by atoms with Crippen LogP contribution >= 0.6 is 41.5 Å². The highest BCUT2D eigenvalue weighted by Gasteiger charge is 2.40. The van der Waals surface area contributed by atoms with E-state index in [0.717, 1.165) is 0 Å². The van der Waals surface area contributed by atoms with Crippen LogP contribution in [0.4, 0.5) is 0 Å². The number of allylic oxidation sites excluding steroid dienone is 1. The van der Waals surface area contributed by atoms with E-state index in [1.807, 2.05) is 0 Å². The first-order valence-electron chi connectivity index (χ1n) is 6.63. The molecule has 0 saturated heterocycles. The van der Waals surface area contributed by atoms with Gasteiger partial charge in [-0.25, -0.2) is 0 Å². The highest BCUT2D eigenvalue weighted by atomic mass is 35.5. The van der Waals surface area contributed by atoms with Crippen LogP contribution in [0, 0.1) is 0 Å². The molecule has 0 fully saturated rings. The van der Waals surface area contributed by atoms with Crippen LogP contribution in [0.25, 0.3) is 0 Å². The van der Waals surface area contributed by atoms with Crippen molar-refractivity contribution < 1.29 is 19.4 Å². The third kappa shape index (κ3) is 4.43. The van der Waals surface area contributed by atoms with Crippen LogP contribution in [0.3, 0.4) is 0 Å². The number of hydrogen-bond donors (Lipinski definition) is 3. The molecule has 0 radical (unpaired) electrons. The van der Waals surface area contributed by atoms with Crippen molar-refractivity contribution in [2.45, 2.75) is 22.3 Å². The molecule has 1 aliphatic rings. The fourth-order valence-electron chi connectivity index (χ4n) is 2.12. The van der Waals surface area contributed by atoms with Crippen LogP contribution in [0.1, 0.15) is 6.92 Å². The molecule has 0 spiro atoms. The minimum Gasteiger partial charge on any atom is -0.354 e. The van der Waals surface area contributed by atoms with E-state index < -0.39 is 27.2 Å². The SMILES string of the molecule is CCOC1(Cl)C=C(S(c2ccccc2)=P(O)(O)O)C=C(Cl)C1Cl. The van der Waals surface area contributed by atoms with Crippen molar-refractivity contribution in [3.05, 3.63) is 52.4 Å². The Hall–Kier alpha value is 0.190. The highest BCUT2D eigenvalue weighted by Crippen LogP contribution is 2.48. The van der Waals surface area contributed by atoms with E-state index in [1.54, 1.807) is 37.3 Å². The van der Waals surface area contributed by atoms with Gasteiger partial charge in [-0.1, -0.05) is 51.5 Å². The van der Waals surface area contributed by atoms with Gasteiger partial charge in [0.25, 0.3) is 6.72 Å². The number of halogens is 3. The number of benzene rings is 1. The van der Waals surface area contributed by atoms with E-state index in [9.17, 15) is 14.7 Å². The molecule has 3 unspecified atom stereocenters. The fraction of sp³-hybridized carbons (Fsp3) is 0.286. The molecular formula is C14H16Cl3O4PS. The van der Waals surface area contributed by atoms with Gasteiger partial charge in [0.2, 0.25) is 0 Å². The van der Waals surface area contributed by atoms with Crippen molar-refractivity contribution in [3.63, 3.8) is 0 Å². The Bertz CT molecular complexity index is 693. The molecule has 0 aliphatic heterocycles. The Morgan fingerprint density at radius 2 is 1.87 bits per heavy atom. The molecule has 3 atom stereocenters. The first-order valence-corrected chi connectivity index (χ1v) is 11.3. The molecule has 9 heteroatoms. The topological polar surface area (TPSA) is 69.9 Å². The Balaban J connectivity index is 2.65. The molecule has 23 heavy (non-hydrogen) atoms. The minimum absolute atomic E-state index is 0.203. The summed E-state index contributed by atoms with van der Waals surface area (Å²) in [6, 6.07) is 8.64. The van der Waals surface area contributed by atoms with Crippen LogP contribution in [0.15, 0.2) is 57.3 Å². The fourth-order valence-corrected chi connectivity index (χ4v) is 7.28. The number of rotatable bonds is 4. The molecule has 0 aromatic heterocycles. The number of ether oxygens (including phenoxy) is 1. The second-order valence-corrected chi connectivity index (χ2v) is 11.2. The Morgan fingerprint density at radius 3 is 2.39 bits per heavy atom. The highest BCUT2D eigenvalue weighted by molar-refractivity contribution is 8.29. The Kier molecular flexibility index (Phi) is 6.45. The van der Waals surface area contributed by atoms with E-state index in [1.165, 1.54) is 12.2 Å². The predicted molar refractivity (Wildman–Crippen MR) is 97.5 cm³/mol. The van der Waals surface area contributed by atoms with Crippen molar-refractivity contribution in [1.82, 2.24) is 0 Å². The van der Waals surface area contributed by atoms with Crippen LogP contribution in [-0.4, -0.2) is 31.7 Å². The lowest BCUT2D eigenvalue weighted by molar-refractivity contribution is 0.0664. The first-order chi connectivity index (χ1) is 10.7. The zero-order chi connectivity index (χ0) is 17.3. The molecule has 1 aromatic carbocycles. The third-order valence-corrected chi connectivity index (χ3v) is 9.18. The standard InChI is InChI=1S/C14H16Cl3O4PS/c1-2-21-14(17)9-11(8-12(15)13(14)16)23(22(18,19)20)10-6-4-3-5-7-10/h3-9,13,18-20H,2H2,1H3. The van der Waals surface area contributed by atoms with Crippen LogP contribution < -0.4 is 0 Å². The van der Waals surface area contributed by atoms with E-state index in [0.29, 0.717) is 9.80 Å². The van der Waals surface area contributed by atoms with E-state index in [-0.39, 0.29) is 11.6 Å². The van der Waals surface area contributed by atoms with Gasteiger partial charge < -0.3 is 19.4 Å². The van der Waals surface area contributed by atoms with Crippen molar-refractivity contribution in [2.24, 2.45) is 0 Å². The van der Waals surface area contributed by atoms with Gasteiger partial charge in [0, 0.05) is 21.4 Å². The second kappa shape index (κ2) is 7.61. The lowest BCUT2D eigenvalue weighted by Gasteiger charge is -2.33. The maximum absolute atomic E-state index is 9.94. The summed E-state index contributed by atoms with van der Waals surface area (Å²) in [5, 5.41) is -2.04. The monoisotopic (exact) mass is 416 g/mol. The summed E-state index contributed by atoms with van der Waals surface area (Å²) in [6.07, 6.45) is 2.97. The van der Waals surface area contributed by atoms with Crippen LogP contribution in [0.5, 0.6) is 0 Å². The average Bonchev–Trinajstić information content (AvgIpc) is 2.45. The molecule has 0 amide bonds. The van der Waals surface area contributed by atoms with E-state index in [4.69, 9.17) is 39.5 Å². The third-order valence-electron chi connectivity index (χ3n) is 3.01. The molecule has 1 aromatic rings. The Morgan fingerprint density at radius 1 is 1.26 bits per heavy atom. The molecule has 0 saturated carbocycles. The average molecular weight is 418 g/mol. The van der Waals surface area contributed by atoms with Gasteiger partial charge in [0.1, 0.15) is 5.38 Å². The minimum atomic E-state index is -4.24. The molecule has 0 bridgehead atoms. The van der Waals surface area contributed by atoms with Crippen LogP contribution in [0.2, 0.25) is 0 Å². The number of alkyl halides is 2. The van der Waals surface area contributed by atoms with Gasteiger partial charge in [0.15, 0.2) is 5.06 Å². The molecule has 4 nitrogen and oxygen atoms in total. The smallest absolute Gasteiger partial charge is 0.286 e. The molecule has 2 rings (SSSR count). The van der Waals surface area contributed by atoms with Gasteiger partial charge >= 0.3 is 0 Å². The van der Waals surface area contributed by atoms with Crippen LogP contribution in [-0.2, 0) is 14.8 Å². The van der Waals surface area contributed by atoms with Gasteiger partial charge in [-0.05, 0) is 31.2 Å². The predicted octanol–water partition coefficient (Wildman–Crippen LogP) is 3.92. The molecule has 3 N–H and O–H groups in total.